The van der Waals surface area contributed by atoms with Crippen LogP contribution in [0.5, 0.6) is 0 Å². The second kappa shape index (κ2) is 5.09. The molecular formula is C7H17N3. The first-order valence-electron chi connectivity index (χ1n) is 3.68. The second-order valence-corrected chi connectivity index (χ2v) is 2.84. The Bertz CT molecular complexity index is 103. The van der Waals surface area contributed by atoms with E-state index < -0.39 is 0 Å². The quantitative estimate of drug-likeness (QED) is 0.345. The number of guanidine groups is 1. The molecule has 0 amide bonds. The molecule has 0 rings (SSSR count). The van der Waals surface area contributed by atoms with Gasteiger partial charge in [-0.15, -0.1) is 0 Å². The fourth-order valence-electron chi connectivity index (χ4n) is 0.708. The lowest BCUT2D eigenvalue weighted by molar-refractivity contribution is 0.561. The standard InChI is InChI=1S/C7H17N3/c1-6(2)4-3-5-10-7(8)9/h6H,3-5H2,1-2H3,(H4,8,9,10). The van der Waals surface area contributed by atoms with Gasteiger partial charge in [0.05, 0.1) is 0 Å². The van der Waals surface area contributed by atoms with Crippen LogP contribution < -0.4 is 11.5 Å². The van der Waals surface area contributed by atoms with Gasteiger partial charge in [-0.2, -0.15) is 0 Å². The smallest absolute Gasteiger partial charge is 0.185 e. The Balaban J connectivity index is 3.13. The van der Waals surface area contributed by atoms with Crippen molar-refractivity contribution in [3.8, 4) is 0 Å². The first-order chi connectivity index (χ1) is 4.63. The number of nitrogens with zero attached hydrogens (tertiary/aromatic N) is 1. The van der Waals surface area contributed by atoms with E-state index in [4.69, 9.17) is 11.5 Å². The van der Waals surface area contributed by atoms with Gasteiger partial charge < -0.3 is 11.5 Å². The van der Waals surface area contributed by atoms with Gasteiger partial charge in [0.1, 0.15) is 0 Å². The summed E-state index contributed by atoms with van der Waals surface area (Å²) < 4.78 is 0. The highest BCUT2D eigenvalue weighted by Crippen LogP contribution is 2.02. The van der Waals surface area contributed by atoms with Crippen LogP contribution in [0.15, 0.2) is 4.99 Å². The van der Waals surface area contributed by atoms with Crippen LogP contribution in [0.4, 0.5) is 0 Å². The lowest BCUT2D eigenvalue weighted by atomic mass is 10.1. The van der Waals surface area contributed by atoms with E-state index in [0.29, 0.717) is 0 Å². The highest BCUT2D eigenvalue weighted by Gasteiger charge is 1.91. The molecule has 4 N–H and O–H groups in total. The number of hydrogen-bond acceptors (Lipinski definition) is 1. The van der Waals surface area contributed by atoms with E-state index in [1.807, 2.05) is 0 Å². The molecule has 0 unspecified atom stereocenters. The molecule has 0 saturated heterocycles. The molecule has 3 heteroatoms. The maximum absolute atomic E-state index is 5.14. The molecule has 0 heterocycles. The zero-order valence-corrected chi connectivity index (χ0v) is 6.80. The van der Waals surface area contributed by atoms with Gasteiger partial charge in [-0.3, -0.25) is 4.99 Å². The van der Waals surface area contributed by atoms with E-state index >= 15 is 0 Å². The number of nitrogens with two attached hydrogens (primary N) is 2. The maximum atomic E-state index is 5.14. The highest BCUT2D eigenvalue weighted by atomic mass is 15.0. The molecule has 0 saturated carbocycles. The molecule has 60 valence electrons. The van der Waals surface area contributed by atoms with Gasteiger partial charge in [0, 0.05) is 6.54 Å². The summed E-state index contributed by atoms with van der Waals surface area (Å²) in [6, 6.07) is 0. The number of aliphatic imine (C=N–C) groups is 1. The minimum absolute atomic E-state index is 0.198. The van der Waals surface area contributed by atoms with Crippen LogP contribution >= 0.6 is 0 Å². The molecule has 0 aromatic rings. The molecule has 0 aliphatic heterocycles. The molecule has 0 bridgehead atoms. The predicted molar refractivity (Wildman–Crippen MR) is 44.7 cm³/mol. The van der Waals surface area contributed by atoms with Crippen molar-refractivity contribution in [2.45, 2.75) is 26.7 Å². The average Bonchev–Trinajstić information content (AvgIpc) is 1.79. The fourth-order valence-corrected chi connectivity index (χ4v) is 0.708. The van der Waals surface area contributed by atoms with E-state index in [1.54, 1.807) is 0 Å². The molecule has 0 fully saturated rings. The van der Waals surface area contributed by atoms with Crippen molar-refractivity contribution in [2.24, 2.45) is 22.4 Å². The van der Waals surface area contributed by atoms with Crippen LogP contribution in [0, 0.1) is 5.92 Å². The summed E-state index contributed by atoms with van der Waals surface area (Å²) in [6.07, 6.45) is 2.27. The van der Waals surface area contributed by atoms with Gasteiger partial charge in [0.25, 0.3) is 0 Å². The van der Waals surface area contributed by atoms with Crippen molar-refractivity contribution in [3.63, 3.8) is 0 Å². The van der Waals surface area contributed by atoms with E-state index in [2.05, 4.69) is 18.8 Å². The van der Waals surface area contributed by atoms with Crippen molar-refractivity contribution in [2.75, 3.05) is 6.54 Å². The molecule has 10 heavy (non-hydrogen) atoms. The predicted octanol–water partition coefficient (Wildman–Crippen LogP) is 0.696. The lowest BCUT2D eigenvalue weighted by Crippen LogP contribution is -2.22. The number of rotatable bonds is 4. The summed E-state index contributed by atoms with van der Waals surface area (Å²) in [5, 5.41) is 0. The maximum Gasteiger partial charge on any atom is 0.185 e. The third-order valence-corrected chi connectivity index (χ3v) is 1.23. The van der Waals surface area contributed by atoms with Crippen LogP contribution in [0.25, 0.3) is 0 Å². The van der Waals surface area contributed by atoms with Crippen molar-refractivity contribution >= 4 is 5.96 Å². The molecule has 0 aromatic heterocycles. The third kappa shape index (κ3) is 7.27. The van der Waals surface area contributed by atoms with Crippen molar-refractivity contribution in [1.29, 1.82) is 0 Å². The molecule has 0 spiro atoms. The van der Waals surface area contributed by atoms with E-state index in [1.165, 1.54) is 6.42 Å². The fraction of sp³-hybridized carbons (Fsp3) is 0.857. The van der Waals surface area contributed by atoms with Gasteiger partial charge >= 0.3 is 0 Å². The lowest BCUT2D eigenvalue weighted by Gasteiger charge is -2.00. The molecule has 0 aliphatic carbocycles. The first-order valence-corrected chi connectivity index (χ1v) is 3.68. The van der Waals surface area contributed by atoms with Crippen molar-refractivity contribution in [3.05, 3.63) is 0 Å². The largest absolute Gasteiger partial charge is 0.370 e. The van der Waals surface area contributed by atoms with Crippen LogP contribution in [0.3, 0.4) is 0 Å². The average molecular weight is 143 g/mol. The van der Waals surface area contributed by atoms with Crippen LogP contribution in [-0.2, 0) is 0 Å². The van der Waals surface area contributed by atoms with Gasteiger partial charge in [-0.1, -0.05) is 13.8 Å². The van der Waals surface area contributed by atoms with E-state index in [-0.39, 0.29) is 5.96 Å². The van der Waals surface area contributed by atoms with Crippen molar-refractivity contribution in [1.82, 2.24) is 0 Å². The monoisotopic (exact) mass is 143 g/mol. The molecule has 0 aliphatic rings. The van der Waals surface area contributed by atoms with Gasteiger partial charge in [-0.25, -0.2) is 0 Å². The summed E-state index contributed by atoms with van der Waals surface area (Å²) in [7, 11) is 0. The first kappa shape index (κ1) is 9.27. The molecule has 0 radical (unpaired) electrons. The van der Waals surface area contributed by atoms with Crippen LogP contribution in [-0.4, -0.2) is 12.5 Å². The van der Waals surface area contributed by atoms with Crippen LogP contribution in [0.1, 0.15) is 26.7 Å². The van der Waals surface area contributed by atoms with Gasteiger partial charge in [0.2, 0.25) is 0 Å². The van der Waals surface area contributed by atoms with Crippen LogP contribution in [0.2, 0.25) is 0 Å². The Morgan fingerprint density at radius 2 is 2.00 bits per heavy atom. The minimum Gasteiger partial charge on any atom is -0.370 e. The summed E-state index contributed by atoms with van der Waals surface area (Å²) in [5.41, 5.74) is 10.3. The molecular weight excluding hydrogens is 126 g/mol. The third-order valence-electron chi connectivity index (χ3n) is 1.23. The van der Waals surface area contributed by atoms with Gasteiger partial charge in [-0.05, 0) is 18.8 Å². The van der Waals surface area contributed by atoms with Gasteiger partial charge in [0.15, 0.2) is 5.96 Å². The Hall–Kier alpha value is -0.730. The van der Waals surface area contributed by atoms with E-state index in [9.17, 15) is 0 Å². The topological polar surface area (TPSA) is 64.4 Å². The summed E-state index contributed by atoms with van der Waals surface area (Å²) >= 11 is 0. The second-order valence-electron chi connectivity index (χ2n) is 2.84. The van der Waals surface area contributed by atoms with Crippen molar-refractivity contribution < 1.29 is 0 Å². The molecule has 0 aromatic carbocycles. The zero-order chi connectivity index (χ0) is 7.98. The normalized spacial score (nSPS) is 9.90. The molecule has 3 nitrogen and oxygen atoms in total. The molecule has 0 atom stereocenters. The minimum atomic E-state index is 0.198. The summed E-state index contributed by atoms with van der Waals surface area (Å²) in [4.78, 5) is 3.87. The Morgan fingerprint density at radius 3 is 2.40 bits per heavy atom. The Labute approximate surface area is 62.5 Å². The summed E-state index contributed by atoms with van der Waals surface area (Å²) in [6.45, 7) is 5.14. The summed E-state index contributed by atoms with van der Waals surface area (Å²) in [5.74, 6) is 0.943. The SMILES string of the molecule is CC(C)CCCN=C(N)N. The highest BCUT2D eigenvalue weighted by molar-refractivity contribution is 5.75. The Morgan fingerprint density at radius 1 is 1.40 bits per heavy atom. The number of hydrogen-bond donors (Lipinski definition) is 2. The van der Waals surface area contributed by atoms with E-state index in [0.717, 1.165) is 18.9 Å². The zero-order valence-electron chi connectivity index (χ0n) is 6.80. The Kier molecular flexibility index (Phi) is 4.72.